The number of rotatable bonds is 2. The van der Waals surface area contributed by atoms with Gasteiger partial charge in [0.2, 0.25) is 5.43 Å². The van der Waals surface area contributed by atoms with Crippen molar-refractivity contribution in [3.05, 3.63) is 45.2 Å². The van der Waals surface area contributed by atoms with E-state index in [4.69, 9.17) is 10.8 Å². The van der Waals surface area contributed by atoms with Crippen molar-refractivity contribution < 1.29 is 18.7 Å². The molecule has 1 aromatic heterocycles. The summed E-state index contributed by atoms with van der Waals surface area (Å²) in [5.41, 5.74) is 3.20. The highest BCUT2D eigenvalue weighted by Gasteiger charge is 2.29. The number of carboxylic acid groups (broad SMARTS) is 1. The van der Waals surface area contributed by atoms with Gasteiger partial charge in [0.1, 0.15) is 11.4 Å². The number of carboxylic acids is 1. The van der Waals surface area contributed by atoms with Crippen molar-refractivity contribution in [2.24, 2.45) is 5.73 Å². The van der Waals surface area contributed by atoms with E-state index in [0.29, 0.717) is 0 Å². The van der Waals surface area contributed by atoms with E-state index in [2.05, 4.69) is 11.8 Å². The monoisotopic (exact) mass is 318 g/mol. The molecule has 118 valence electrons. The Balaban J connectivity index is 2.45. The SMILES string of the molecule is NCC#Cc1c(F)cc2c(=O)c(C(=O)O)cn(C3CC3)c2c1F. The minimum atomic E-state index is -1.43. The Morgan fingerprint density at radius 3 is 2.70 bits per heavy atom. The van der Waals surface area contributed by atoms with E-state index in [1.807, 2.05) is 0 Å². The lowest BCUT2D eigenvalue weighted by molar-refractivity contribution is 0.0695. The fourth-order valence-electron chi connectivity index (χ4n) is 2.49. The van der Waals surface area contributed by atoms with E-state index < -0.39 is 34.2 Å². The van der Waals surface area contributed by atoms with Gasteiger partial charge in [-0.3, -0.25) is 4.79 Å². The van der Waals surface area contributed by atoms with E-state index in [1.54, 1.807) is 0 Å². The van der Waals surface area contributed by atoms with Crippen molar-refractivity contribution in [3.63, 3.8) is 0 Å². The Morgan fingerprint density at radius 1 is 1.43 bits per heavy atom. The van der Waals surface area contributed by atoms with Gasteiger partial charge in [-0.15, -0.1) is 0 Å². The summed E-state index contributed by atoms with van der Waals surface area (Å²) < 4.78 is 30.2. The molecule has 3 N–H and O–H groups in total. The molecule has 3 rings (SSSR count). The van der Waals surface area contributed by atoms with Crippen LogP contribution in [0.2, 0.25) is 0 Å². The van der Waals surface area contributed by atoms with Gasteiger partial charge in [-0.05, 0) is 18.9 Å². The second-order valence-corrected chi connectivity index (χ2v) is 5.26. The van der Waals surface area contributed by atoms with Gasteiger partial charge in [-0.1, -0.05) is 11.8 Å². The van der Waals surface area contributed by atoms with E-state index in [1.165, 1.54) is 4.57 Å². The van der Waals surface area contributed by atoms with E-state index in [0.717, 1.165) is 25.1 Å². The zero-order chi connectivity index (χ0) is 16.7. The van der Waals surface area contributed by atoms with Crippen molar-refractivity contribution in [1.82, 2.24) is 4.57 Å². The van der Waals surface area contributed by atoms with Gasteiger partial charge in [-0.2, -0.15) is 0 Å². The molecule has 0 spiro atoms. The van der Waals surface area contributed by atoms with Crippen LogP contribution in [0.1, 0.15) is 34.8 Å². The van der Waals surface area contributed by atoms with Crippen molar-refractivity contribution in [3.8, 4) is 11.8 Å². The highest BCUT2D eigenvalue weighted by atomic mass is 19.1. The largest absolute Gasteiger partial charge is 0.477 e. The molecule has 0 atom stereocenters. The Kier molecular flexibility index (Phi) is 3.62. The quantitative estimate of drug-likeness (QED) is 0.824. The average molecular weight is 318 g/mol. The number of aromatic nitrogens is 1. The maximum absolute atomic E-state index is 14.7. The first kappa shape index (κ1) is 15.2. The van der Waals surface area contributed by atoms with Gasteiger partial charge in [0, 0.05) is 12.2 Å². The van der Waals surface area contributed by atoms with Gasteiger partial charge in [-0.25, -0.2) is 13.6 Å². The van der Waals surface area contributed by atoms with Gasteiger partial charge in [0.15, 0.2) is 5.82 Å². The highest BCUT2D eigenvalue weighted by molar-refractivity contribution is 5.93. The van der Waals surface area contributed by atoms with Crippen LogP contribution in [-0.4, -0.2) is 22.2 Å². The Hall–Kier alpha value is -2.72. The Labute approximate surface area is 129 Å². The van der Waals surface area contributed by atoms with Gasteiger partial charge < -0.3 is 15.4 Å². The summed E-state index contributed by atoms with van der Waals surface area (Å²) in [5.74, 6) is 1.28. The predicted molar refractivity (Wildman–Crippen MR) is 79.3 cm³/mol. The molecule has 1 aliphatic rings. The summed E-state index contributed by atoms with van der Waals surface area (Å²) in [7, 11) is 0. The fraction of sp³-hybridized carbons (Fsp3) is 0.250. The van der Waals surface area contributed by atoms with E-state index in [-0.39, 0.29) is 23.5 Å². The topological polar surface area (TPSA) is 85.3 Å². The molecular weight excluding hydrogens is 306 g/mol. The van der Waals surface area contributed by atoms with Crippen LogP contribution >= 0.6 is 0 Å². The average Bonchev–Trinajstić information content (AvgIpc) is 3.32. The number of carbonyl (C=O) groups is 1. The van der Waals surface area contributed by atoms with Crippen molar-refractivity contribution in [1.29, 1.82) is 0 Å². The summed E-state index contributed by atoms with van der Waals surface area (Å²) in [5, 5.41) is 8.82. The van der Waals surface area contributed by atoms with Crippen LogP contribution in [0.4, 0.5) is 8.78 Å². The van der Waals surface area contributed by atoms with Crippen LogP contribution in [0, 0.1) is 23.5 Å². The second-order valence-electron chi connectivity index (χ2n) is 5.26. The second kappa shape index (κ2) is 5.48. The molecule has 1 heterocycles. The van der Waals surface area contributed by atoms with Crippen molar-refractivity contribution >= 4 is 16.9 Å². The lowest BCUT2D eigenvalue weighted by Gasteiger charge is -2.13. The summed E-state index contributed by atoms with van der Waals surface area (Å²) in [6, 6.07) is 0.735. The first-order valence-corrected chi connectivity index (χ1v) is 6.94. The van der Waals surface area contributed by atoms with Crippen LogP contribution in [-0.2, 0) is 0 Å². The van der Waals surface area contributed by atoms with Gasteiger partial charge in [0.05, 0.1) is 23.0 Å². The summed E-state index contributed by atoms with van der Waals surface area (Å²) in [4.78, 5) is 23.4. The Morgan fingerprint density at radius 2 is 2.13 bits per heavy atom. The van der Waals surface area contributed by atoms with Crippen LogP contribution < -0.4 is 11.2 Å². The summed E-state index contributed by atoms with van der Waals surface area (Å²) in [6.07, 6.45) is 2.58. The summed E-state index contributed by atoms with van der Waals surface area (Å²) >= 11 is 0. The van der Waals surface area contributed by atoms with Crippen LogP contribution in [0.25, 0.3) is 10.9 Å². The number of halogens is 2. The number of benzene rings is 1. The van der Waals surface area contributed by atoms with Gasteiger partial charge >= 0.3 is 5.97 Å². The fourth-order valence-corrected chi connectivity index (χ4v) is 2.49. The van der Waals surface area contributed by atoms with E-state index in [9.17, 15) is 18.4 Å². The van der Waals surface area contributed by atoms with Crippen LogP contribution in [0.15, 0.2) is 17.1 Å². The number of nitrogens with two attached hydrogens (primary N) is 1. The first-order chi connectivity index (χ1) is 11.0. The number of aromatic carboxylic acids is 1. The third-order valence-electron chi connectivity index (χ3n) is 3.69. The van der Waals surface area contributed by atoms with Crippen LogP contribution in [0.5, 0.6) is 0 Å². The molecule has 5 nitrogen and oxygen atoms in total. The lowest BCUT2D eigenvalue weighted by atomic mass is 10.1. The standard InChI is InChI=1S/C16H12F2N2O3/c17-12-6-10-14(13(18)9(12)2-1-5-19)20(8-3-4-8)7-11(15(10)21)16(22)23/h6-8H,3-5,19H2,(H,22,23). The summed E-state index contributed by atoms with van der Waals surface area (Å²) in [6.45, 7) is -0.0652. The van der Waals surface area contributed by atoms with Gasteiger partial charge in [0.25, 0.3) is 0 Å². The molecule has 1 saturated carbocycles. The molecule has 0 unspecified atom stereocenters. The zero-order valence-corrected chi connectivity index (χ0v) is 11.9. The molecule has 0 aliphatic heterocycles. The molecule has 0 radical (unpaired) electrons. The number of hydrogen-bond donors (Lipinski definition) is 2. The Bertz CT molecular complexity index is 950. The molecule has 1 fully saturated rings. The highest BCUT2D eigenvalue weighted by Crippen LogP contribution is 2.38. The first-order valence-electron chi connectivity index (χ1n) is 6.94. The predicted octanol–water partition coefficient (Wildman–Crippen LogP) is 1.62. The third kappa shape index (κ3) is 2.47. The number of nitrogens with zero attached hydrogens (tertiary/aromatic N) is 1. The molecule has 1 aliphatic carbocycles. The minimum Gasteiger partial charge on any atom is -0.477 e. The molecular formula is C16H12F2N2O3. The zero-order valence-electron chi connectivity index (χ0n) is 11.9. The minimum absolute atomic E-state index is 0.0652. The maximum atomic E-state index is 14.7. The van der Waals surface area contributed by atoms with Crippen molar-refractivity contribution in [2.45, 2.75) is 18.9 Å². The molecule has 23 heavy (non-hydrogen) atoms. The normalized spacial score (nSPS) is 13.7. The maximum Gasteiger partial charge on any atom is 0.341 e. The smallest absolute Gasteiger partial charge is 0.341 e. The molecule has 7 heteroatoms. The van der Waals surface area contributed by atoms with Crippen molar-refractivity contribution in [2.75, 3.05) is 6.54 Å². The number of hydrogen-bond acceptors (Lipinski definition) is 3. The molecule has 0 amide bonds. The number of fused-ring (bicyclic) bond motifs is 1. The lowest BCUT2D eigenvalue weighted by Crippen LogP contribution is -2.20. The third-order valence-corrected chi connectivity index (χ3v) is 3.69. The number of pyridine rings is 1. The molecule has 0 bridgehead atoms. The van der Waals surface area contributed by atoms with Crippen LogP contribution in [0.3, 0.4) is 0 Å². The molecule has 0 saturated heterocycles. The molecule has 1 aromatic carbocycles. The van der Waals surface area contributed by atoms with E-state index >= 15 is 0 Å². The molecule has 2 aromatic rings.